The number of benzene rings is 1. The highest BCUT2D eigenvalue weighted by Gasteiger charge is 2.49. The van der Waals surface area contributed by atoms with Crippen LogP contribution >= 0.6 is 0 Å². The molecule has 0 radical (unpaired) electrons. The Hall–Kier alpha value is -1.72. The highest BCUT2D eigenvalue weighted by molar-refractivity contribution is 6.09. The van der Waals surface area contributed by atoms with E-state index in [1.165, 1.54) is 12.1 Å². The molecule has 2 aliphatic heterocycles. The third-order valence-corrected chi connectivity index (χ3v) is 3.26. The molecular weight excluding hydrogens is 235 g/mol. The van der Waals surface area contributed by atoms with E-state index in [-0.39, 0.29) is 11.6 Å². The van der Waals surface area contributed by atoms with E-state index in [1.54, 1.807) is 19.1 Å². The van der Waals surface area contributed by atoms with Crippen LogP contribution in [0.5, 0.6) is 0 Å². The van der Waals surface area contributed by atoms with Crippen LogP contribution in [0.25, 0.3) is 5.57 Å². The average molecular weight is 248 g/mol. The van der Waals surface area contributed by atoms with Crippen LogP contribution in [-0.4, -0.2) is 24.5 Å². The first-order valence-electron chi connectivity index (χ1n) is 5.77. The normalized spacial score (nSPS) is 26.1. The molecule has 18 heavy (non-hydrogen) atoms. The number of halogens is 1. The van der Waals surface area contributed by atoms with Crippen molar-refractivity contribution < 1.29 is 13.9 Å². The molecule has 0 aliphatic carbocycles. The second kappa shape index (κ2) is 3.90. The maximum absolute atomic E-state index is 12.9. The first-order chi connectivity index (χ1) is 8.60. The van der Waals surface area contributed by atoms with Crippen LogP contribution in [0, 0.1) is 5.82 Å². The molecule has 4 nitrogen and oxygen atoms in total. The molecule has 0 saturated carbocycles. The van der Waals surface area contributed by atoms with Gasteiger partial charge in [-0.3, -0.25) is 4.79 Å². The molecule has 1 atom stereocenters. The number of nitrogens with one attached hydrogen (secondary N) is 2. The van der Waals surface area contributed by atoms with Crippen molar-refractivity contribution in [2.24, 2.45) is 0 Å². The summed E-state index contributed by atoms with van der Waals surface area (Å²) in [5, 5.41) is 0. The number of carbonyl (C=O) groups is 1. The summed E-state index contributed by atoms with van der Waals surface area (Å²) in [7, 11) is 0. The van der Waals surface area contributed by atoms with Crippen molar-refractivity contribution in [3.63, 3.8) is 0 Å². The standard InChI is InChI=1S/C13H13FN2O2/c1-13(7-18-13)12(17)11-10(6-15-16-11)8-2-4-9(14)5-3-8/h2-5,15-16H,6-7H2,1H3/t13-/m1/s1. The quantitative estimate of drug-likeness (QED) is 0.784. The zero-order valence-corrected chi connectivity index (χ0v) is 9.92. The minimum Gasteiger partial charge on any atom is -0.361 e. The van der Waals surface area contributed by atoms with Gasteiger partial charge in [0.15, 0.2) is 5.60 Å². The molecule has 2 aliphatic rings. The number of ketones is 1. The van der Waals surface area contributed by atoms with Crippen molar-refractivity contribution in [3.8, 4) is 0 Å². The number of hydrogen-bond acceptors (Lipinski definition) is 4. The molecule has 1 saturated heterocycles. The number of carbonyl (C=O) groups excluding carboxylic acids is 1. The molecule has 5 heteroatoms. The van der Waals surface area contributed by atoms with Crippen LogP contribution in [0.3, 0.4) is 0 Å². The fourth-order valence-corrected chi connectivity index (χ4v) is 1.98. The summed E-state index contributed by atoms with van der Waals surface area (Å²) in [6.07, 6.45) is 0. The zero-order chi connectivity index (χ0) is 12.8. The van der Waals surface area contributed by atoms with Gasteiger partial charge in [-0.1, -0.05) is 12.1 Å². The molecule has 0 bridgehead atoms. The average Bonchev–Trinajstić information content (AvgIpc) is 2.94. The molecule has 0 unspecified atom stereocenters. The summed E-state index contributed by atoms with van der Waals surface area (Å²) < 4.78 is 18.1. The van der Waals surface area contributed by atoms with Gasteiger partial charge in [0.05, 0.1) is 6.61 Å². The maximum Gasteiger partial charge on any atom is 0.214 e. The van der Waals surface area contributed by atoms with E-state index in [2.05, 4.69) is 10.9 Å². The number of epoxide rings is 1. The van der Waals surface area contributed by atoms with Crippen LogP contribution in [0.1, 0.15) is 12.5 Å². The molecule has 1 aromatic carbocycles. The Morgan fingerprint density at radius 2 is 2.06 bits per heavy atom. The van der Waals surface area contributed by atoms with Gasteiger partial charge in [0, 0.05) is 12.1 Å². The maximum atomic E-state index is 12.9. The first-order valence-corrected chi connectivity index (χ1v) is 5.77. The largest absolute Gasteiger partial charge is 0.361 e. The van der Waals surface area contributed by atoms with Crippen LogP contribution < -0.4 is 10.9 Å². The van der Waals surface area contributed by atoms with Gasteiger partial charge in [0.2, 0.25) is 5.78 Å². The molecule has 0 aromatic heterocycles. The Kier molecular flexibility index (Phi) is 2.46. The molecule has 1 fully saturated rings. The monoisotopic (exact) mass is 248 g/mol. The Bertz CT molecular complexity index is 532. The molecule has 94 valence electrons. The second-order valence-electron chi connectivity index (χ2n) is 4.69. The van der Waals surface area contributed by atoms with Crippen molar-refractivity contribution in [1.82, 2.24) is 10.9 Å². The van der Waals surface area contributed by atoms with E-state index >= 15 is 0 Å². The molecule has 1 aromatic rings. The smallest absolute Gasteiger partial charge is 0.214 e. The lowest BCUT2D eigenvalue weighted by molar-refractivity contribution is -0.120. The predicted molar refractivity (Wildman–Crippen MR) is 63.8 cm³/mol. The van der Waals surface area contributed by atoms with E-state index in [0.717, 1.165) is 11.1 Å². The lowest BCUT2D eigenvalue weighted by atomic mass is 9.98. The SMILES string of the molecule is C[C@]1(C(=O)C2=C(c3ccc(F)cc3)CNN2)CO1. The van der Waals surface area contributed by atoms with Gasteiger partial charge in [0.25, 0.3) is 0 Å². The molecule has 3 rings (SSSR count). The summed E-state index contributed by atoms with van der Waals surface area (Å²) in [4.78, 5) is 12.2. The molecule has 2 N–H and O–H groups in total. The molecule has 0 spiro atoms. The van der Waals surface area contributed by atoms with Gasteiger partial charge in [-0.05, 0) is 24.6 Å². The van der Waals surface area contributed by atoms with Crippen molar-refractivity contribution in [1.29, 1.82) is 0 Å². The number of hydrazine groups is 1. The Balaban J connectivity index is 1.97. The minimum absolute atomic E-state index is 0.0631. The van der Waals surface area contributed by atoms with Gasteiger partial charge in [-0.15, -0.1) is 0 Å². The zero-order valence-electron chi connectivity index (χ0n) is 9.92. The van der Waals surface area contributed by atoms with E-state index in [4.69, 9.17) is 4.74 Å². The summed E-state index contributed by atoms with van der Waals surface area (Å²) in [5.74, 6) is -0.351. The van der Waals surface area contributed by atoms with Crippen LogP contribution in [-0.2, 0) is 9.53 Å². The van der Waals surface area contributed by atoms with Crippen LogP contribution in [0.4, 0.5) is 4.39 Å². The third-order valence-electron chi connectivity index (χ3n) is 3.26. The minimum atomic E-state index is -0.695. The van der Waals surface area contributed by atoms with Crippen LogP contribution in [0.2, 0.25) is 0 Å². The first kappa shape index (κ1) is 11.4. The summed E-state index contributed by atoms with van der Waals surface area (Å²) in [6, 6.07) is 6.11. The summed E-state index contributed by atoms with van der Waals surface area (Å²) in [6.45, 7) is 2.75. The highest BCUT2D eigenvalue weighted by atomic mass is 19.1. The highest BCUT2D eigenvalue weighted by Crippen LogP contribution is 2.32. The molecule has 2 heterocycles. The summed E-state index contributed by atoms with van der Waals surface area (Å²) >= 11 is 0. The van der Waals surface area contributed by atoms with Crippen molar-refractivity contribution in [2.75, 3.05) is 13.2 Å². The van der Waals surface area contributed by atoms with E-state index in [1.807, 2.05) is 0 Å². The van der Waals surface area contributed by atoms with Crippen molar-refractivity contribution in [2.45, 2.75) is 12.5 Å². The fourth-order valence-electron chi connectivity index (χ4n) is 1.98. The lowest BCUT2D eigenvalue weighted by Crippen LogP contribution is -2.32. The lowest BCUT2D eigenvalue weighted by Gasteiger charge is -2.08. The predicted octanol–water partition coefficient (Wildman–Crippen LogP) is 1.00. The third kappa shape index (κ3) is 1.81. The van der Waals surface area contributed by atoms with Gasteiger partial charge >= 0.3 is 0 Å². The number of rotatable bonds is 3. The van der Waals surface area contributed by atoms with Crippen molar-refractivity contribution in [3.05, 3.63) is 41.3 Å². The van der Waals surface area contributed by atoms with Crippen LogP contribution in [0.15, 0.2) is 30.0 Å². The topological polar surface area (TPSA) is 53.7 Å². The van der Waals surface area contributed by atoms with Gasteiger partial charge in [-0.25, -0.2) is 9.82 Å². The Morgan fingerprint density at radius 3 is 2.67 bits per heavy atom. The molecule has 0 amide bonds. The summed E-state index contributed by atoms with van der Waals surface area (Å²) in [5.41, 5.74) is 7.29. The fraction of sp³-hybridized carbons (Fsp3) is 0.308. The van der Waals surface area contributed by atoms with Gasteiger partial charge in [-0.2, -0.15) is 0 Å². The van der Waals surface area contributed by atoms with Crippen molar-refractivity contribution >= 4 is 11.4 Å². The number of ether oxygens (including phenoxy) is 1. The number of Topliss-reactive ketones (excluding diaryl/α,β-unsaturated/α-hetero) is 1. The Morgan fingerprint density at radius 1 is 1.39 bits per heavy atom. The number of hydrogen-bond donors (Lipinski definition) is 2. The van der Waals surface area contributed by atoms with E-state index in [0.29, 0.717) is 18.8 Å². The van der Waals surface area contributed by atoms with Gasteiger partial charge < -0.3 is 10.2 Å². The second-order valence-corrected chi connectivity index (χ2v) is 4.69. The molecular formula is C13H13FN2O2. The van der Waals surface area contributed by atoms with Gasteiger partial charge in [0.1, 0.15) is 11.5 Å². The Labute approximate surface area is 104 Å². The van der Waals surface area contributed by atoms with E-state index in [9.17, 15) is 9.18 Å². The van der Waals surface area contributed by atoms with E-state index < -0.39 is 5.60 Å².